The molecule has 0 atom stereocenters. The van der Waals surface area contributed by atoms with Crippen LogP contribution in [-0.2, 0) is 10.0 Å². The van der Waals surface area contributed by atoms with Gasteiger partial charge in [-0.25, -0.2) is 8.42 Å². The average molecular weight is 406 g/mol. The Hall–Kier alpha value is -0.800. The highest BCUT2D eigenvalue weighted by atomic mass is 35.5. The van der Waals surface area contributed by atoms with Crippen LogP contribution in [0.1, 0.15) is 16.8 Å². The molecule has 0 saturated carbocycles. The normalized spacial score (nSPS) is 19.8. The van der Waals surface area contributed by atoms with E-state index in [4.69, 9.17) is 0 Å². The lowest BCUT2D eigenvalue weighted by molar-refractivity contribution is 0.0772. The molecule has 3 rings (SSSR count). The summed E-state index contributed by atoms with van der Waals surface area (Å²) in [7, 11) is -3.55. The van der Waals surface area contributed by atoms with Gasteiger partial charge in [0.15, 0.2) is 0 Å². The quantitative estimate of drug-likeness (QED) is 0.820. The van der Waals surface area contributed by atoms with Crippen LogP contribution in [0.4, 0.5) is 0 Å². The Morgan fingerprint density at radius 2 is 1.84 bits per heavy atom. The summed E-state index contributed by atoms with van der Waals surface area (Å²) in [5, 5.41) is 3.20. The third kappa shape index (κ3) is 4.89. The summed E-state index contributed by atoms with van der Waals surface area (Å²) < 4.78 is 27.2. The molecule has 1 amide bonds. The van der Waals surface area contributed by atoms with Crippen LogP contribution >= 0.6 is 24.2 Å². The maximum atomic E-state index is 12.9. The first-order chi connectivity index (χ1) is 11.6. The number of amides is 1. The number of nitrogens with one attached hydrogen (secondary N) is 1. The molecule has 2 fully saturated rings. The second-order valence-electron chi connectivity index (χ2n) is 5.94. The van der Waals surface area contributed by atoms with Crippen molar-refractivity contribution in [3.05, 3.63) is 29.8 Å². The second-order valence-corrected chi connectivity index (χ2v) is 9.10. The lowest BCUT2D eigenvalue weighted by Gasteiger charge is -2.26. The van der Waals surface area contributed by atoms with Gasteiger partial charge in [-0.3, -0.25) is 4.79 Å². The number of benzene rings is 1. The van der Waals surface area contributed by atoms with Gasteiger partial charge in [0.2, 0.25) is 10.0 Å². The molecule has 6 nitrogen and oxygen atoms in total. The maximum Gasteiger partial charge on any atom is 0.253 e. The first-order valence-corrected chi connectivity index (χ1v) is 10.9. The fourth-order valence-corrected chi connectivity index (χ4v) is 5.38. The molecule has 2 aliphatic rings. The molecule has 1 aromatic rings. The van der Waals surface area contributed by atoms with Crippen molar-refractivity contribution in [2.24, 2.45) is 0 Å². The van der Waals surface area contributed by atoms with Crippen molar-refractivity contribution in [3.8, 4) is 0 Å². The van der Waals surface area contributed by atoms with E-state index in [2.05, 4.69) is 5.32 Å². The van der Waals surface area contributed by atoms with Crippen LogP contribution < -0.4 is 5.32 Å². The van der Waals surface area contributed by atoms with Gasteiger partial charge in [0.25, 0.3) is 5.91 Å². The molecule has 0 aromatic heterocycles. The topological polar surface area (TPSA) is 69.7 Å². The Morgan fingerprint density at radius 3 is 2.60 bits per heavy atom. The molecule has 0 spiro atoms. The van der Waals surface area contributed by atoms with Crippen LogP contribution in [0.3, 0.4) is 0 Å². The standard InChI is InChI=1S/C16H23N3O3S2.ClH/c20-16(18-9-11-23-12-10-18)14-3-1-4-15(13-14)24(21,22)19-7-2-5-17-6-8-19;/h1,3-4,13,17H,2,5-12H2;1H. The number of hydrogen-bond donors (Lipinski definition) is 1. The summed E-state index contributed by atoms with van der Waals surface area (Å²) in [5.41, 5.74) is 0.455. The number of nitrogens with zero attached hydrogens (tertiary/aromatic N) is 2. The van der Waals surface area contributed by atoms with Crippen LogP contribution in [0.5, 0.6) is 0 Å². The van der Waals surface area contributed by atoms with Crippen molar-refractivity contribution >= 4 is 40.1 Å². The van der Waals surface area contributed by atoms with E-state index in [-0.39, 0.29) is 23.2 Å². The Morgan fingerprint density at radius 1 is 1.08 bits per heavy atom. The molecule has 0 radical (unpaired) electrons. The molecule has 0 unspecified atom stereocenters. The summed E-state index contributed by atoms with van der Waals surface area (Å²) in [6.45, 7) is 3.90. The highest BCUT2D eigenvalue weighted by Gasteiger charge is 2.26. The zero-order chi connectivity index (χ0) is 17.0. The minimum Gasteiger partial charge on any atom is -0.337 e. The second kappa shape index (κ2) is 9.23. The van der Waals surface area contributed by atoms with Crippen LogP contribution in [-0.4, -0.2) is 74.3 Å². The predicted molar refractivity (Wildman–Crippen MR) is 103 cm³/mol. The number of carbonyl (C=O) groups is 1. The molecular weight excluding hydrogens is 382 g/mol. The maximum absolute atomic E-state index is 12.9. The minimum atomic E-state index is -3.55. The summed E-state index contributed by atoms with van der Waals surface area (Å²) in [6.07, 6.45) is 0.795. The number of sulfonamides is 1. The lowest BCUT2D eigenvalue weighted by Crippen LogP contribution is -2.38. The monoisotopic (exact) mass is 405 g/mol. The van der Waals surface area contributed by atoms with Gasteiger partial charge < -0.3 is 10.2 Å². The number of thioether (sulfide) groups is 1. The van der Waals surface area contributed by atoms with Crippen molar-refractivity contribution in [2.75, 3.05) is 50.8 Å². The fourth-order valence-electron chi connectivity index (χ4n) is 2.95. The molecule has 2 heterocycles. The SMILES string of the molecule is Cl.O=C(c1cccc(S(=O)(=O)N2CCCNCC2)c1)N1CCSCC1. The summed E-state index contributed by atoms with van der Waals surface area (Å²) >= 11 is 1.84. The first-order valence-electron chi connectivity index (χ1n) is 8.27. The molecule has 140 valence electrons. The zero-order valence-electron chi connectivity index (χ0n) is 14.0. The van der Waals surface area contributed by atoms with E-state index in [1.165, 1.54) is 10.4 Å². The van der Waals surface area contributed by atoms with E-state index in [9.17, 15) is 13.2 Å². The Balaban J connectivity index is 0.00000225. The van der Waals surface area contributed by atoms with Gasteiger partial charge in [0.05, 0.1) is 4.90 Å². The Labute approximate surface area is 159 Å². The van der Waals surface area contributed by atoms with Crippen LogP contribution in [0, 0.1) is 0 Å². The van der Waals surface area contributed by atoms with Crippen molar-refractivity contribution in [2.45, 2.75) is 11.3 Å². The van der Waals surface area contributed by atoms with E-state index in [1.807, 2.05) is 11.8 Å². The van der Waals surface area contributed by atoms with E-state index >= 15 is 0 Å². The van der Waals surface area contributed by atoms with Gasteiger partial charge in [-0.05, 0) is 31.2 Å². The molecule has 0 aliphatic carbocycles. The molecule has 1 aromatic carbocycles. The van der Waals surface area contributed by atoms with Gasteiger partial charge in [-0.15, -0.1) is 12.4 Å². The molecule has 0 bridgehead atoms. The van der Waals surface area contributed by atoms with E-state index in [1.54, 1.807) is 23.1 Å². The summed E-state index contributed by atoms with van der Waals surface area (Å²) in [6, 6.07) is 6.47. The highest BCUT2D eigenvalue weighted by Crippen LogP contribution is 2.20. The molecule has 25 heavy (non-hydrogen) atoms. The first kappa shape index (κ1) is 20.5. The van der Waals surface area contributed by atoms with Crippen molar-refractivity contribution in [1.82, 2.24) is 14.5 Å². The van der Waals surface area contributed by atoms with Crippen molar-refractivity contribution < 1.29 is 13.2 Å². The van der Waals surface area contributed by atoms with Crippen LogP contribution in [0.15, 0.2) is 29.2 Å². The molecule has 1 N–H and O–H groups in total. The molecule has 2 saturated heterocycles. The Kier molecular flexibility index (Phi) is 7.57. The summed E-state index contributed by atoms with van der Waals surface area (Å²) in [5.74, 6) is 1.79. The van der Waals surface area contributed by atoms with E-state index < -0.39 is 10.0 Å². The molecule has 9 heteroatoms. The minimum absolute atomic E-state index is 0. The van der Waals surface area contributed by atoms with Crippen LogP contribution in [0.25, 0.3) is 0 Å². The summed E-state index contributed by atoms with van der Waals surface area (Å²) in [4.78, 5) is 14.6. The number of carbonyl (C=O) groups excluding carboxylic acids is 1. The van der Waals surface area contributed by atoms with Gasteiger partial charge in [-0.2, -0.15) is 16.1 Å². The van der Waals surface area contributed by atoms with Gasteiger partial charge in [0.1, 0.15) is 0 Å². The number of rotatable bonds is 3. The van der Waals surface area contributed by atoms with Gasteiger partial charge in [-0.1, -0.05) is 6.07 Å². The van der Waals surface area contributed by atoms with Crippen molar-refractivity contribution in [3.63, 3.8) is 0 Å². The zero-order valence-corrected chi connectivity index (χ0v) is 16.5. The average Bonchev–Trinajstić information content (AvgIpc) is 2.92. The predicted octanol–water partition coefficient (Wildman–Crippen LogP) is 1.28. The third-order valence-corrected chi connectivity index (χ3v) is 7.15. The van der Waals surface area contributed by atoms with Gasteiger partial charge >= 0.3 is 0 Å². The lowest BCUT2D eigenvalue weighted by atomic mass is 10.2. The Bertz CT molecular complexity index is 686. The van der Waals surface area contributed by atoms with Gasteiger partial charge in [0, 0.05) is 49.8 Å². The van der Waals surface area contributed by atoms with Crippen molar-refractivity contribution in [1.29, 1.82) is 0 Å². The van der Waals surface area contributed by atoms with E-state index in [0.717, 1.165) is 37.6 Å². The number of halogens is 1. The third-order valence-electron chi connectivity index (χ3n) is 4.32. The largest absolute Gasteiger partial charge is 0.337 e. The smallest absolute Gasteiger partial charge is 0.253 e. The van der Waals surface area contributed by atoms with E-state index in [0.29, 0.717) is 25.2 Å². The fraction of sp³-hybridized carbons (Fsp3) is 0.562. The number of hydrogen-bond acceptors (Lipinski definition) is 5. The highest BCUT2D eigenvalue weighted by molar-refractivity contribution is 7.99. The van der Waals surface area contributed by atoms with Crippen LogP contribution in [0.2, 0.25) is 0 Å². The molecule has 2 aliphatic heterocycles. The molecular formula is C16H24ClN3O3S2.